The number of hydrogen-bond donors (Lipinski definition) is 0. The van der Waals surface area contributed by atoms with Gasteiger partial charge in [0.25, 0.3) is 0 Å². The molecule has 0 N–H and O–H groups in total. The number of nitrogens with zero attached hydrogens (tertiary/aromatic N) is 1. The summed E-state index contributed by atoms with van der Waals surface area (Å²) in [6, 6.07) is 39.0. The molecule has 0 aliphatic heterocycles. The third-order valence-corrected chi connectivity index (χ3v) is 8.79. The first kappa shape index (κ1) is 23.6. The predicted molar refractivity (Wildman–Crippen MR) is 161 cm³/mol. The van der Waals surface area contributed by atoms with Crippen LogP contribution in [-0.2, 0) is 6.42 Å². The minimum atomic E-state index is -0.673. The fourth-order valence-electron chi connectivity index (χ4n) is 5.72. The Bertz CT molecular complexity index is 1850. The summed E-state index contributed by atoms with van der Waals surface area (Å²) in [5.74, 6) is -0.811. The first-order chi connectivity index (χ1) is 19.1. The lowest BCUT2D eigenvalue weighted by Crippen LogP contribution is -2.17. The zero-order chi connectivity index (χ0) is 26.5. The number of para-hydroxylation sites is 1. The number of carbonyl (C=O) groups is 2. The van der Waals surface area contributed by atoms with E-state index in [1.807, 2.05) is 54.6 Å². The molecule has 1 aromatic heterocycles. The molecular weight excluding hydrogens is 498 g/mol. The molecular formula is C35H25NO2S. The molecule has 6 aromatic rings. The third kappa shape index (κ3) is 3.96. The van der Waals surface area contributed by atoms with Gasteiger partial charge in [0.15, 0.2) is 11.6 Å². The zero-order valence-electron chi connectivity index (χ0n) is 21.4. The lowest BCUT2D eigenvalue weighted by atomic mass is 9.99. The van der Waals surface area contributed by atoms with Gasteiger partial charge in [-0.1, -0.05) is 72.8 Å². The average Bonchev–Trinajstić information content (AvgIpc) is 3.52. The lowest BCUT2D eigenvalue weighted by molar-refractivity contribution is 0.0839. The molecule has 0 amide bonds. The molecule has 0 bridgehead atoms. The molecule has 4 heteroatoms. The van der Waals surface area contributed by atoms with Gasteiger partial charge in [-0.15, -0.1) is 11.3 Å². The molecule has 5 aromatic carbocycles. The summed E-state index contributed by atoms with van der Waals surface area (Å²) in [6.07, 6.45) is 0.407. The van der Waals surface area contributed by atoms with Crippen molar-refractivity contribution in [2.45, 2.75) is 13.3 Å². The molecule has 188 valence electrons. The van der Waals surface area contributed by atoms with Crippen LogP contribution in [0, 0.1) is 12.8 Å². The van der Waals surface area contributed by atoms with Gasteiger partial charge >= 0.3 is 0 Å². The Morgan fingerprint density at radius 2 is 1.28 bits per heavy atom. The normalized spacial score (nSPS) is 13.4. The first-order valence-corrected chi connectivity index (χ1v) is 13.9. The standard InChI is InChI=1S/C35H25NO2S/c1-22-15-17-32(28-14-8-7-13-27(22)28)36(25-11-3-2-4-12-25)33-18-16-26(39-33)21-31-34(37)29-19-23-9-5-6-10-24(23)20-30(29)35(31)38/h2-20,31H,21H2,1H3. The van der Waals surface area contributed by atoms with Crippen LogP contribution in [0.15, 0.2) is 115 Å². The molecule has 1 heterocycles. The van der Waals surface area contributed by atoms with Gasteiger partial charge in [0.2, 0.25) is 0 Å². The van der Waals surface area contributed by atoms with Crippen molar-refractivity contribution in [1.82, 2.24) is 0 Å². The van der Waals surface area contributed by atoms with Crippen molar-refractivity contribution in [3.63, 3.8) is 0 Å². The summed E-state index contributed by atoms with van der Waals surface area (Å²) in [5, 5.41) is 5.42. The van der Waals surface area contributed by atoms with Gasteiger partial charge in [-0.3, -0.25) is 9.59 Å². The van der Waals surface area contributed by atoms with Crippen LogP contribution in [0.4, 0.5) is 16.4 Å². The number of ketones is 2. The number of rotatable bonds is 5. The number of hydrogen-bond acceptors (Lipinski definition) is 4. The highest BCUT2D eigenvalue weighted by Gasteiger charge is 2.39. The number of benzene rings is 5. The fraction of sp³-hybridized carbons (Fsp3) is 0.0857. The van der Waals surface area contributed by atoms with E-state index in [1.165, 1.54) is 16.3 Å². The average molecular weight is 524 g/mol. The molecule has 7 rings (SSSR count). The van der Waals surface area contributed by atoms with Gasteiger partial charge < -0.3 is 4.90 Å². The van der Waals surface area contributed by atoms with E-state index in [9.17, 15) is 9.59 Å². The number of fused-ring (bicyclic) bond motifs is 3. The van der Waals surface area contributed by atoms with Crippen molar-refractivity contribution >= 4 is 60.8 Å². The van der Waals surface area contributed by atoms with E-state index in [0.29, 0.717) is 17.5 Å². The van der Waals surface area contributed by atoms with Gasteiger partial charge in [0, 0.05) is 27.1 Å². The zero-order valence-corrected chi connectivity index (χ0v) is 22.2. The summed E-state index contributed by atoms with van der Waals surface area (Å²) >= 11 is 1.64. The van der Waals surface area contributed by atoms with E-state index in [2.05, 4.69) is 72.5 Å². The Morgan fingerprint density at radius 1 is 0.667 bits per heavy atom. The predicted octanol–water partition coefficient (Wildman–Crippen LogP) is 9.07. The van der Waals surface area contributed by atoms with Gasteiger partial charge in [-0.25, -0.2) is 0 Å². The molecule has 0 fully saturated rings. The van der Waals surface area contributed by atoms with Crippen LogP contribution in [0.5, 0.6) is 0 Å². The summed E-state index contributed by atoms with van der Waals surface area (Å²) < 4.78 is 0. The van der Waals surface area contributed by atoms with Crippen molar-refractivity contribution in [2.75, 3.05) is 4.90 Å². The van der Waals surface area contributed by atoms with Crippen molar-refractivity contribution in [3.8, 4) is 0 Å². The molecule has 0 unspecified atom stereocenters. The van der Waals surface area contributed by atoms with Crippen molar-refractivity contribution in [3.05, 3.63) is 137 Å². The third-order valence-electron chi connectivity index (χ3n) is 7.70. The Morgan fingerprint density at radius 3 is 1.97 bits per heavy atom. The number of anilines is 3. The maximum absolute atomic E-state index is 13.4. The van der Waals surface area contributed by atoms with E-state index in [0.717, 1.165) is 32.0 Å². The highest BCUT2D eigenvalue weighted by atomic mass is 32.1. The summed E-state index contributed by atoms with van der Waals surface area (Å²) in [6.45, 7) is 2.14. The highest BCUT2D eigenvalue weighted by molar-refractivity contribution is 7.16. The van der Waals surface area contributed by atoms with Crippen molar-refractivity contribution in [1.29, 1.82) is 0 Å². The molecule has 0 radical (unpaired) electrons. The SMILES string of the molecule is Cc1ccc(N(c2ccccc2)c2ccc(CC3C(=O)c4cc5ccccc5cc4C3=O)s2)c2ccccc12. The van der Waals surface area contributed by atoms with Gasteiger partial charge in [-0.2, -0.15) is 0 Å². The second kappa shape index (κ2) is 9.33. The van der Waals surface area contributed by atoms with E-state index >= 15 is 0 Å². The summed E-state index contributed by atoms with van der Waals surface area (Å²) in [4.78, 5) is 30.1. The van der Waals surface area contributed by atoms with Crippen LogP contribution in [-0.4, -0.2) is 11.6 Å². The highest BCUT2D eigenvalue weighted by Crippen LogP contribution is 2.43. The number of carbonyl (C=O) groups excluding carboxylic acids is 2. The molecule has 0 saturated heterocycles. The first-order valence-electron chi connectivity index (χ1n) is 13.1. The lowest BCUT2D eigenvalue weighted by Gasteiger charge is -2.25. The minimum absolute atomic E-state index is 0.0693. The Kier molecular flexibility index (Phi) is 5.64. The van der Waals surface area contributed by atoms with Gasteiger partial charge in [-0.05, 0) is 77.5 Å². The Labute approximate surface area is 231 Å². The van der Waals surface area contributed by atoms with Crippen LogP contribution in [0.1, 0.15) is 31.2 Å². The van der Waals surface area contributed by atoms with Crippen molar-refractivity contribution in [2.24, 2.45) is 5.92 Å². The fourth-order valence-corrected chi connectivity index (χ4v) is 6.80. The summed E-state index contributed by atoms with van der Waals surface area (Å²) in [7, 11) is 0. The van der Waals surface area contributed by atoms with Crippen LogP contribution < -0.4 is 4.90 Å². The second-order valence-corrected chi connectivity index (χ2v) is 11.2. The van der Waals surface area contributed by atoms with E-state index in [-0.39, 0.29) is 11.6 Å². The Balaban J connectivity index is 1.26. The molecule has 0 atom stereocenters. The number of aryl methyl sites for hydroxylation is 1. The molecule has 0 saturated carbocycles. The van der Waals surface area contributed by atoms with E-state index in [4.69, 9.17) is 0 Å². The second-order valence-electron chi connectivity index (χ2n) is 10.1. The van der Waals surface area contributed by atoms with Crippen LogP contribution >= 0.6 is 11.3 Å². The molecule has 3 nitrogen and oxygen atoms in total. The van der Waals surface area contributed by atoms with Gasteiger partial charge in [0.05, 0.1) is 11.6 Å². The smallest absolute Gasteiger partial charge is 0.174 e. The molecule has 1 aliphatic rings. The van der Waals surface area contributed by atoms with E-state index in [1.54, 1.807) is 11.3 Å². The number of thiophene rings is 1. The maximum atomic E-state index is 13.4. The number of Topliss-reactive ketones (excluding diaryl/α,β-unsaturated/α-hetero) is 2. The molecule has 1 aliphatic carbocycles. The van der Waals surface area contributed by atoms with Crippen LogP contribution in [0.2, 0.25) is 0 Å². The molecule has 39 heavy (non-hydrogen) atoms. The monoisotopic (exact) mass is 523 g/mol. The van der Waals surface area contributed by atoms with Crippen molar-refractivity contribution < 1.29 is 9.59 Å². The summed E-state index contributed by atoms with van der Waals surface area (Å²) in [5.41, 5.74) is 4.50. The van der Waals surface area contributed by atoms with Crippen LogP contribution in [0.3, 0.4) is 0 Å². The maximum Gasteiger partial charge on any atom is 0.174 e. The molecule has 0 spiro atoms. The van der Waals surface area contributed by atoms with Crippen LogP contribution in [0.25, 0.3) is 21.5 Å². The quantitative estimate of drug-likeness (QED) is 0.212. The minimum Gasteiger partial charge on any atom is -0.301 e. The van der Waals surface area contributed by atoms with Gasteiger partial charge in [0.1, 0.15) is 5.00 Å². The Hall–Kier alpha value is -4.54. The topological polar surface area (TPSA) is 37.4 Å². The largest absolute Gasteiger partial charge is 0.301 e. The van der Waals surface area contributed by atoms with E-state index < -0.39 is 5.92 Å².